The highest BCUT2D eigenvalue weighted by molar-refractivity contribution is 5.87. The number of hydrogen-bond acceptors (Lipinski definition) is 4. The van der Waals surface area contributed by atoms with Crippen LogP contribution in [-0.4, -0.2) is 23.0 Å². The lowest BCUT2D eigenvalue weighted by molar-refractivity contribution is -0.134. The highest BCUT2D eigenvalue weighted by Gasteiger charge is 2.70. The molecule has 0 radical (unpaired) electrons. The van der Waals surface area contributed by atoms with Crippen molar-refractivity contribution in [2.24, 2.45) is 52.8 Å². The van der Waals surface area contributed by atoms with Gasteiger partial charge in [0.25, 0.3) is 0 Å². The third-order valence-electron chi connectivity index (χ3n) is 10.9. The van der Waals surface area contributed by atoms with Gasteiger partial charge in [-0.15, -0.1) is 0 Å². The van der Waals surface area contributed by atoms with Crippen molar-refractivity contribution in [3.05, 3.63) is 29.6 Å². The van der Waals surface area contributed by atoms with Crippen molar-refractivity contribution in [1.29, 1.82) is 5.26 Å². The summed E-state index contributed by atoms with van der Waals surface area (Å²) in [5.41, 5.74) is 0.393. The molecular formula is C29H37FN2O2. The zero-order chi connectivity index (χ0) is 23.8. The highest BCUT2D eigenvalue weighted by Crippen LogP contribution is 2.74. The first-order valence-corrected chi connectivity index (χ1v) is 13.4. The Kier molecular flexibility index (Phi) is 5.16. The molecule has 5 fully saturated rings. The molecule has 5 aliphatic carbocycles. The lowest BCUT2D eigenvalue weighted by Crippen LogP contribution is -2.52. The molecule has 34 heavy (non-hydrogen) atoms. The lowest BCUT2D eigenvalue weighted by atomic mass is 9.48. The summed E-state index contributed by atoms with van der Waals surface area (Å²) < 4.78 is 13.5. The molecule has 0 spiro atoms. The van der Waals surface area contributed by atoms with Crippen molar-refractivity contribution in [1.82, 2.24) is 0 Å². The number of fused-ring (bicyclic) bond motifs is 7. The molecule has 1 aromatic rings. The van der Waals surface area contributed by atoms with Gasteiger partial charge in [-0.3, -0.25) is 4.79 Å². The fourth-order valence-corrected chi connectivity index (χ4v) is 9.71. The molecule has 2 N–H and O–H groups in total. The molecule has 0 amide bonds. The van der Waals surface area contributed by atoms with E-state index in [0.29, 0.717) is 29.4 Å². The van der Waals surface area contributed by atoms with E-state index in [2.05, 4.69) is 12.2 Å². The van der Waals surface area contributed by atoms with Crippen molar-refractivity contribution < 1.29 is 14.3 Å². The molecule has 5 heteroatoms. The number of carbonyl (C=O) groups is 1. The van der Waals surface area contributed by atoms with Crippen molar-refractivity contribution in [3.8, 4) is 6.07 Å². The van der Waals surface area contributed by atoms with Crippen LogP contribution in [0.25, 0.3) is 0 Å². The standard InChI is InChI=1S/C29H37FN2O2/c1-28(34)9-7-19-16(13-28)3-5-21-20(19)8-10-29(2)26(21)22-12-23(22)27(29)25(33)15-32-24-6-4-18(30)11-17(24)14-31/h4,6,11,16,19-23,26-27,32,34H,3,5,7-10,12-13,15H2,1-2H3/t16-,19+,20-,21-,22-,23+,26-,27-,28-,29+/m1/s1. The van der Waals surface area contributed by atoms with Crippen LogP contribution in [0.4, 0.5) is 10.1 Å². The summed E-state index contributed by atoms with van der Waals surface area (Å²) >= 11 is 0. The predicted molar refractivity (Wildman–Crippen MR) is 128 cm³/mol. The fraction of sp³-hybridized carbons (Fsp3) is 0.724. The molecule has 6 rings (SSSR count). The number of anilines is 1. The summed E-state index contributed by atoms with van der Waals surface area (Å²) in [4.78, 5) is 13.6. The van der Waals surface area contributed by atoms with E-state index in [1.165, 1.54) is 44.2 Å². The number of halogens is 1. The monoisotopic (exact) mass is 464 g/mol. The summed E-state index contributed by atoms with van der Waals surface area (Å²) in [6.07, 6.45) is 9.15. The minimum atomic E-state index is -0.480. The zero-order valence-electron chi connectivity index (χ0n) is 20.4. The van der Waals surface area contributed by atoms with Crippen LogP contribution in [0.5, 0.6) is 0 Å². The smallest absolute Gasteiger partial charge is 0.155 e. The Hall–Kier alpha value is -1.93. The van der Waals surface area contributed by atoms with Gasteiger partial charge in [0.05, 0.1) is 23.4 Å². The Morgan fingerprint density at radius 1 is 1.12 bits per heavy atom. The van der Waals surface area contributed by atoms with Crippen LogP contribution in [0.2, 0.25) is 0 Å². The number of hydrogen-bond donors (Lipinski definition) is 2. The molecule has 0 bridgehead atoms. The fourth-order valence-electron chi connectivity index (χ4n) is 9.71. The normalized spacial score (nSPS) is 46.3. The molecule has 4 nitrogen and oxygen atoms in total. The molecule has 182 valence electrons. The average Bonchev–Trinajstić information content (AvgIpc) is 3.50. The van der Waals surface area contributed by atoms with Crippen LogP contribution in [0.3, 0.4) is 0 Å². The maximum Gasteiger partial charge on any atom is 0.155 e. The molecule has 0 unspecified atom stereocenters. The number of nitrogens with zero attached hydrogens (tertiary/aromatic N) is 1. The van der Waals surface area contributed by atoms with Gasteiger partial charge >= 0.3 is 0 Å². The SMILES string of the molecule is C[C@@]1(O)CC[C@H]2[C@H](CC[C@@H]3[C@@H]2CC[C@@]2(C)[C@H]3[C@@H]3C[C@@H]3[C@@H]2C(=O)CNc2ccc(F)cc2C#N)C1. The van der Waals surface area contributed by atoms with E-state index in [1.807, 2.05) is 13.0 Å². The largest absolute Gasteiger partial charge is 0.390 e. The molecule has 0 heterocycles. The minimum Gasteiger partial charge on any atom is -0.390 e. The molecule has 1 aromatic carbocycles. The Bertz CT molecular complexity index is 1050. The van der Waals surface area contributed by atoms with E-state index in [1.54, 1.807) is 6.07 Å². The van der Waals surface area contributed by atoms with Gasteiger partial charge in [0.2, 0.25) is 0 Å². The molecule has 5 saturated carbocycles. The number of Topliss-reactive ketones (excluding diaryl/α,β-unsaturated/α-hetero) is 1. The second-order valence-electron chi connectivity index (χ2n) is 12.8. The van der Waals surface area contributed by atoms with E-state index in [9.17, 15) is 19.6 Å². The number of carbonyl (C=O) groups excluding carboxylic acids is 1. The first-order chi connectivity index (χ1) is 16.2. The van der Waals surface area contributed by atoms with Crippen molar-refractivity contribution in [2.75, 3.05) is 11.9 Å². The van der Waals surface area contributed by atoms with Gasteiger partial charge < -0.3 is 10.4 Å². The molecule has 5 aliphatic rings. The number of nitriles is 1. The van der Waals surface area contributed by atoms with Crippen LogP contribution >= 0.6 is 0 Å². The highest BCUT2D eigenvalue weighted by atomic mass is 19.1. The maximum atomic E-state index is 13.6. The number of aliphatic hydroxyl groups is 1. The minimum absolute atomic E-state index is 0.0847. The molecule has 0 aromatic heterocycles. The maximum absolute atomic E-state index is 13.6. The van der Waals surface area contributed by atoms with Gasteiger partial charge in [-0.25, -0.2) is 4.39 Å². The van der Waals surface area contributed by atoms with E-state index in [0.717, 1.165) is 37.0 Å². The van der Waals surface area contributed by atoms with Gasteiger partial charge in [0.15, 0.2) is 5.78 Å². The van der Waals surface area contributed by atoms with Crippen LogP contribution in [0, 0.1) is 69.9 Å². The van der Waals surface area contributed by atoms with Crippen LogP contribution in [-0.2, 0) is 4.79 Å². The van der Waals surface area contributed by atoms with Crippen LogP contribution in [0.15, 0.2) is 18.2 Å². The van der Waals surface area contributed by atoms with Crippen LogP contribution in [0.1, 0.15) is 70.8 Å². The van der Waals surface area contributed by atoms with Gasteiger partial charge in [-0.2, -0.15) is 5.26 Å². The molecule has 0 saturated heterocycles. The third-order valence-corrected chi connectivity index (χ3v) is 10.9. The van der Waals surface area contributed by atoms with E-state index in [4.69, 9.17) is 0 Å². The number of ketones is 1. The Morgan fingerprint density at radius 2 is 1.91 bits per heavy atom. The lowest BCUT2D eigenvalue weighted by Gasteiger charge is -2.57. The van der Waals surface area contributed by atoms with Gasteiger partial charge in [-0.1, -0.05) is 6.92 Å². The molecular weight excluding hydrogens is 427 g/mol. The van der Waals surface area contributed by atoms with Crippen molar-refractivity contribution in [3.63, 3.8) is 0 Å². The van der Waals surface area contributed by atoms with Crippen LogP contribution < -0.4 is 5.32 Å². The first-order valence-electron chi connectivity index (χ1n) is 13.4. The second kappa shape index (κ2) is 7.79. The molecule has 10 atom stereocenters. The van der Waals surface area contributed by atoms with Gasteiger partial charge in [-0.05, 0) is 123 Å². The Balaban J connectivity index is 1.18. The van der Waals surface area contributed by atoms with E-state index >= 15 is 0 Å². The van der Waals surface area contributed by atoms with E-state index < -0.39 is 11.4 Å². The summed E-state index contributed by atoms with van der Waals surface area (Å²) in [5, 5.41) is 23.1. The predicted octanol–water partition coefficient (Wildman–Crippen LogP) is 5.55. The molecule has 0 aliphatic heterocycles. The Morgan fingerprint density at radius 3 is 2.71 bits per heavy atom. The average molecular weight is 465 g/mol. The third kappa shape index (κ3) is 3.43. The topological polar surface area (TPSA) is 73.1 Å². The number of benzene rings is 1. The first kappa shape index (κ1) is 22.5. The number of rotatable bonds is 4. The quantitative estimate of drug-likeness (QED) is 0.612. The Labute approximate surface area is 202 Å². The zero-order valence-corrected chi connectivity index (χ0v) is 20.4. The van der Waals surface area contributed by atoms with E-state index in [-0.39, 0.29) is 29.2 Å². The second-order valence-corrected chi connectivity index (χ2v) is 12.8. The van der Waals surface area contributed by atoms with Gasteiger partial charge in [0.1, 0.15) is 11.9 Å². The summed E-state index contributed by atoms with van der Waals surface area (Å²) in [5.74, 6) is 4.79. The van der Waals surface area contributed by atoms with Crippen molar-refractivity contribution in [2.45, 2.75) is 70.8 Å². The summed E-state index contributed by atoms with van der Waals surface area (Å²) in [7, 11) is 0. The summed E-state index contributed by atoms with van der Waals surface area (Å²) in [6, 6.07) is 6.14. The summed E-state index contributed by atoms with van der Waals surface area (Å²) in [6.45, 7) is 4.64. The number of nitrogens with one attached hydrogen (secondary N) is 1. The van der Waals surface area contributed by atoms with Gasteiger partial charge in [0, 0.05) is 5.92 Å². The van der Waals surface area contributed by atoms with Crippen molar-refractivity contribution >= 4 is 11.5 Å².